The average Bonchev–Trinajstić information content (AvgIpc) is 2.63. The van der Waals surface area contributed by atoms with E-state index >= 15 is 0 Å². The first-order valence-corrected chi connectivity index (χ1v) is 9.15. The fourth-order valence-electron chi connectivity index (χ4n) is 0.595. The molecule has 0 nitrogen and oxygen atoms in total. The van der Waals surface area contributed by atoms with Gasteiger partial charge in [0.05, 0.1) is 11.4 Å². The van der Waals surface area contributed by atoms with Crippen molar-refractivity contribution in [1.29, 1.82) is 0 Å². The molecule has 2 aromatic heterocycles. The number of hydrogen-bond donors (Lipinski definition) is 0. The van der Waals surface area contributed by atoms with Crippen LogP contribution in [0.2, 0.25) is 0 Å². The SMILES string of the molecule is Brc1cc(Br)c(Br)s1.Brc1ccsc1Br. The van der Waals surface area contributed by atoms with Gasteiger partial charge in [-0.05, 0) is 97.2 Å². The number of thiophene rings is 2. The van der Waals surface area contributed by atoms with Gasteiger partial charge in [0.1, 0.15) is 0 Å². The zero-order valence-corrected chi connectivity index (χ0v) is 16.5. The van der Waals surface area contributed by atoms with E-state index in [1.54, 1.807) is 22.7 Å². The number of halogens is 5. The Bertz CT molecular complexity index is 398. The van der Waals surface area contributed by atoms with Crippen molar-refractivity contribution in [3.63, 3.8) is 0 Å². The molecular weight excluding hydrogens is 560 g/mol. The van der Waals surface area contributed by atoms with Crippen molar-refractivity contribution < 1.29 is 0 Å². The van der Waals surface area contributed by atoms with Crippen LogP contribution in [0.3, 0.4) is 0 Å². The van der Waals surface area contributed by atoms with Crippen molar-refractivity contribution in [3.8, 4) is 0 Å². The third-order valence-electron chi connectivity index (χ3n) is 1.19. The molecule has 0 spiro atoms. The zero-order valence-electron chi connectivity index (χ0n) is 6.94. The molecule has 0 aromatic carbocycles. The van der Waals surface area contributed by atoms with Crippen molar-refractivity contribution >= 4 is 102 Å². The molecule has 0 radical (unpaired) electrons. The van der Waals surface area contributed by atoms with Gasteiger partial charge in [-0.2, -0.15) is 0 Å². The Labute approximate surface area is 138 Å². The molecule has 0 bridgehead atoms. The summed E-state index contributed by atoms with van der Waals surface area (Å²) in [5, 5.41) is 2.02. The van der Waals surface area contributed by atoms with Crippen LogP contribution < -0.4 is 0 Å². The topological polar surface area (TPSA) is 0 Å². The predicted octanol–water partition coefficient (Wildman–Crippen LogP) is 7.31. The van der Waals surface area contributed by atoms with Crippen LogP contribution >= 0.6 is 102 Å². The van der Waals surface area contributed by atoms with E-state index in [4.69, 9.17) is 0 Å². The van der Waals surface area contributed by atoms with Crippen molar-refractivity contribution in [2.45, 2.75) is 0 Å². The van der Waals surface area contributed by atoms with E-state index in [1.807, 2.05) is 17.5 Å². The molecule has 82 valence electrons. The van der Waals surface area contributed by atoms with E-state index in [0.29, 0.717) is 0 Å². The van der Waals surface area contributed by atoms with Gasteiger partial charge < -0.3 is 0 Å². The van der Waals surface area contributed by atoms with Crippen LogP contribution in [0, 0.1) is 0 Å². The lowest BCUT2D eigenvalue weighted by molar-refractivity contribution is 1.82. The van der Waals surface area contributed by atoms with Gasteiger partial charge in [0, 0.05) is 8.95 Å². The molecule has 2 heterocycles. The first-order chi connectivity index (χ1) is 7.00. The van der Waals surface area contributed by atoms with E-state index in [0.717, 1.165) is 20.3 Å². The van der Waals surface area contributed by atoms with Gasteiger partial charge in [0.25, 0.3) is 0 Å². The van der Waals surface area contributed by atoms with Crippen LogP contribution in [-0.4, -0.2) is 0 Å². The highest BCUT2D eigenvalue weighted by Gasteiger charge is 1.98. The lowest BCUT2D eigenvalue weighted by Crippen LogP contribution is -1.45. The molecule has 0 unspecified atom stereocenters. The minimum atomic E-state index is 1.11. The van der Waals surface area contributed by atoms with Crippen LogP contribution in [-0.2, 0) is 0 Å². The minimum absolute atomic E-state index is 1.11. The van der Waals surface area contributed by atoms with Gasteiger partial charge in [-0.3, -0.25) is 0 Å². The lowest BCUT2D eigenvalue weighted by Gasteiger charge is -1.74. The Morgan fingerprint density at radius 1 is 0.867 bits per heavy atom. The van der Waals surface area contributed by atoms with Gasteiger partial charge in [-0.15, -0.1) is 22.7 Å². The lowest BCUT2D eigenvalue weighted by atomic mass is 10.7. The predicted molar refractivity (Wildman–Crippen MR) is 87.1 cm³/mol. The maximum Gasteiger partial charge on any atom is 0.0852 e. The van der Waals surface area contributed by atoms with Crippen LogP contribution in [0.5, 0.6) is 0 Å². The molecule has 0 aliphatic heterocycles. The molecule has 2 aromatic rings. The highest BCUT2D eigenvalue weighted by atomic mass is 79.9. The molecule has 2 rings (SSSR count). The average molecular weight is 563 g/mol. The molecule has 0 saturated heterocycles. The second-order valence-corrected chi connectivity index (χ2v) is 9.91. The standard InChI is InChI=1S/C4HBr3S.C4H2Br2S/c5-2-1-3(6)8-4(2)7;5-3-1-2-7-4(3)6/h1H;1-2H. The summed E-state index contributed by atoms with van der Waals surface area (Å²) in [5.41, 5.74) is 0. The summed E-state index contributed by atoms with van der Waals surface area (Å²) in [7, 11) is 0. The van der Waals surface area contributed by atoms with Gasteiger partial charge in [-0.1, -0.05) is 0 Å². The van der Waals surface area contributed by atoms with Crippen molar-refractivity contribution in [3.05, 3.63) is 37.8 Å². The normalized spacial score (nSPS) is 9.67. The van der Waals surface area contributed by atoms with E-state index in [-0.39, 0.29) is 0 Å². The van der Waals surface area contributed by atoms with Crippen LogP contribution in [0.1, 0.15) is 0 Å². The van der Waals surface area contributed by atoms with Crippen molar-refractivity contribution in [2.24, 2.45) is 0 Å². The summed E-state index contributed by atoms with van der Waals surface area (Å²) in [6.45, 7) is 0. The number of hydrogen-bond acceptors (Lipinski definition) is 2. The molecule has 0 saturated carbocycles. The second kappa shape index (κ2) is 7.28. The molecule has 0 fully saturated rings. The first-order valence-electron chi connectivity index (χ1n) is 3.49. The summed E-state index contributed by atoms with van der Waals surface area (Å²) < 4.78 is 5.67. The van der Waals surface area contributed by atoms with Crippen LogP contribution in [0.15, 0.2) is 37.8 Å². The van der Waals surface area contributed by atoms with Gasteiger partial charge in [0.15, 0.2) is 0 Å². The van der Waals surface area contributed by atoms with Crippen molar-refractivity contribution in [2.75, 3.05) is 0 Å². The molecule has 0 amide bonds. The molecule has 7 heteroatoms. The van der Waals surface area contributed by atoms with Gasteiger partial charge in [-0.25, -0.2) is 0 Å². The molecule has 0 aliphatic rings. The maximum atomic E-state index is 3.36. The van der Waals surface area contributed by atoms with Crippen LogP contribution in [0.25, 0.3) is 0 Å². The first kappa shape index (κ1) is 14.9. The van der Waals surface area contributed by atoms with E-state index in [2.05, 4.69) is 79.6 Å². The summed E-state index contributed by atoms with van der Waals surface area (Å²) in [5.74, 6) is 0. The summed E-state index contributed by atoms with van der Waals surface area (Å²) in [6, 6.07) is 4.02. The zero-order chi connectivity index (χ0) is 11.4. The highest BCUT2D eigenvalue weighted by Crippen LogP contribution is 2.35. The maximum absolute atomic E-state index is 3.36. The Morgan fingerprint density at radius 3 is 1.67 bits per heavy atom. The third kappa shape index (κ3) is 5.31. The van der Waals surface area contributed by atoms with Gasteiger partial charge in [0.2, 0.25) is 0 Å². The Hall–Kier alpha value is 1.80. The third-order valence-corrected chi connectivity index (χ3v) is 8.09. The fraction of sp³-hybridized carbons (Fsp3) is 0. The monoisotopic (exact) mass is 558 g/mol. The Kier molecular flexibility index (Phi) is 7.21. The van der Waals surface area contributed by atoms with E-state index in [9.17, 15) is 0 Å². The quantitative estimate of drug-likeness (QED) is 0.316. The molecular formula is C8H3Br5S2. The highest BCUT2D eigenvalue weighted by molar-refractivity contribution is 9.14. The molecule has 0 atom stereocenters. The Balaban J connectivity index is 0.000000151. The minimum Gasteiger partial charge on any atom is -0.136 e. The molecule has 15 heavy (non-hydrogen) atoms. The van der Waals surface area contributed by atoms with E-state index in [1.165, 1.54) is 0 Å². The largest absolute Gasteiger partial charge is 0.136 e. The summed E-state index contributed by atoms with van der Waals surface area (Å²) in [4.78, 5) is 0. The van der Waals surface area contributed by atoms with Gasteiger partial charge >= 0.3 is 0 Å². The second-order valence-electron chi connectivity index (χ2n) is 2.21. The Morgan fingerprint density at radius 2 is 1.53 bits per heavy atom. The molecule has 0 aliphatic carbocycles. The number of rotatable bonds is 0. The summed E-state index contributed by atoms with van der Waals surface area (Å²) >= 11 is 20.0. The molecule has 0 N–H and O–H groups in total. The van der Waals surface area contributed by atoms with E-state index < -0.39 is 0 Å². The van der Waals surface area contributed by atoms with Crippen molar-refractivity contribution in [1.82, 2.24) is 0 Å². The fourth-order valence-corrected chi connectivity index (χ4v) is 5.58. The van der Waals surface area contributed by atoms with Crippen LogP contribution in [0.4, 0.5) is 0 Å². The summed E-state index contributed by atoms with van der Waals surface area (Å²) in [6.07, 6.45) is 0. The smallest absolute Gasteiger partial charge is 0.0852 e.